The van der Waals surface area contributed by atoms with Crippen molar-refractivity contribution in [3.63, 3.8) is 0 Å². The summed E-state index contributed by atoms with van der Waals surface area (Å²) in [5, 5.41) is 2.62. The topological polar surface area (TPSA) is 36.4 Å². The van der Waals surface area contributed by atoms with Gasteiger partial charge in [0, 0.05) is 43.1 Å². The van der Waals surface area contributed by atoms with Crippen LogP contribution in [0.1, 0.15) is 16.1 Å². The maximum absolute atomic E-state index is 12.4. The summed E-state index contributed by atoms with van der Waals surface area (Å²) in [7, 11) is 0. The molecule has 23 heavy (non-hydrogen) atoms. The fraction of sp³-hybridized carbons (Fsp3) is 0.412. The lowest BCUT2D eigenvalue weighted by Gasteiger charge is -2.21. The molecular weight excluding hydrogens is 330 g/mol. The number of likely N-dealkylation sites (tertiary alicyclic amines) is 2. The van der Waals surface area contributed by atoms with E-state index in [1.807, 2.05) is 22.4 Å². The first-order valence-corrected chi connectivity index (χ1v) is 9.15. The van der Waals surface area contributed by atoms with Crippen LogP contribution in [-0.2, 0) is 6.54 Å². The molecule has 1 aromatic heterocycles. The average Bonchev–Trinajstić information content (AvgIpc) is 3.24. The van der Waals surface area contributed by atoms with E-state index < -0.39 is 0 Å². The van der Waals surface area contributed by atoms with Crippen molar-refractivity contribution in [2.24, 2.45) is 11.8 Å². The summed E-state index contributed by atoms with van der Waals surface area (Å²) >= 11 is 7.41. The van der Waals surface area contributed by atoms with Crippen LogP contribution in [0.3, 0.4) is 0 Å². The number of carbonyl (C=O) groups is 1. The number of rotatable bonds is 3. The number of aromatic nitrogens is 1. The van der Waals surface area contributed by atoms with Gasteiger partial charge in [0.15, 0.2) is 0 Å². The van der Waals surface area contributed by atoms with Gasteiger partial charge in [0.05, 0.1) is 5.51 Å². The van der Waals surface area contributed by atoms with Gasteiger partial charge in [0.25, 0.3) is 5.91 Å². The minimum atomic E-state index is 0.0879. The van der Waals surface area contributed by atoms with E-state index in [2.05, 4.69) is 22.0 Å². The van der Waals surface area contributed by atoms with E-state index >= 15 is 0 Å². The van der Waals surface area contributed by atoms with E-state index in [-0.39, 0.29) is 5.91 Å². The number of fused-ring (bicyclic) bond motifs is 1. The second kappa shape index (κ2) is 6.23. The van der Waals surface area contributed by atoms with Crippen LogP contribution in [0.25, 0.3) is 0 Å². The zero-order valence-electron chi connectivity index (χ0n) is 12.7. The Morgan fingerprint density at radius 1 is 1.17 bits per heavy atom. The number of hydrogen-bond donors (Lipinski definition) is 0. The zero-order chi connectivity index (χ0) is 15.8. The van der Waals surface area contributed by atoms with Crippen LogP contribution >= 0.6 is 22.9 Å². The third kappa shape index (κ3) is 3.13. The van der Waals surface area contributed by atoms with Crippen LogP contribution in [0.15, 0.2) is 35.2 Å². The molecule has 0 saturated carbocycles. The minimum absolute atomic E-state index is 0.0879. The molecule has 0 radical (unpaired) electrons. The van der Waals surface area contributed by atoms with Crippen LogP contribution in [0.2, 0.25) is 5.02 Å². The van der Waals surface area contributed by atoms with E-state index in [0.29, 0.717) is 17.5 Å². The van der Waals surface area contributed by atoms with Crippen molar-refractivity contribution in [2.75, 3.05) is 26.2 Å². The lowest BCUT2D eigenvalue weighted by molar-refractivity contribution is 0.0768. The summed E-state index contributed by atoms with van der Waals surface area (Å²) in [5.74, 6) is 1.26. The van der Waals surface area contributed by atoms with Crippen molar-refractivity contribution >= 4 is 28.8 Å². The van der Waals surface area contributed by atoms with Crippen LogP contribution in [-0.4, -0.2) is 46.9 Å². The third-order valence-electron chi connectivity index (χ3n) is 4.82. The monoisotopic (exact) mass is 347 g/mol. The molecule has 4 rings (SSSR count). The maximum Gasteiger partial charge on any atom is 0.273 e. The Labute approximate surface area is 144 Å². The normalized spacial score (nSPS) is 24.1. The smallest absolute Gasteiger partial charge is 0.273 e. The maximum atomic E-state index is 12.4. The van der Waals surface area contributed by atoms with E-state index in [1.54, 1.807) is 5.51 Å². The minimum Gasteiger partial charge on any atom is -0.337 e. The van der Waals surface area contributed by atoms with Crippen LogP contribution < -0.4 is 0 Å². The predicted octanol–water partition coefficient (Wildman–Crippen LogP) is 3.00. The number of nitrogens with zero attached hydrogens (tertiary/aromatic N) is 3. The number of hydrogen-bond acceptors (Lipinski definition) is 4. The molecule has 2 aromatic rings. The van der Waals surface area contributed by atoms with Gasteiger partial charge in [-0.3, -0.25) is 9.69 Å². The molecule has 6 heteroatoms. The van der Waals surface area contributed by atoms with Gasteiger partial charge in [0.2, 0.25) is 0 Å². The number of carbonyl (C=O) groups excluding carboxylic acids is 1. The largest absolute Gasteiger partial charge is 0.337 e. The number of halogens is 1. The van der Waals surface area contributed by atoms with E-state index in [1.165, 1.54) is 16.9 Å². The average molecular weight is 348 g/mol. The van der Waals surface area contributed by atoms with Gasteiger partial charge in [-0.25, -0.2) is 4.98 Å². The Balaban J connectivity index is 1.35. The summed E-state index contributed by atoms with van der Waals surface area (Å²) in [4.78, 5) is 21.0. The number of benzene rings is 1. The number of amides is 1. The van der Waals surface area contributed by atoms with Gasteiger partial charge in [-0.2, -0.15) is 0 Å². The quantitative estimate of drug-likeness (QED) is 0.856. The van der Waals surface area contributed by atoms with Crippen LogP contribution in [0.4, 0.5) is 0 Å². The highest BCUT2D eigenvalue weighted by Crippen LogP contribution is 2.32. The molecular formula is C17H18ClN3OS. The summed E-state index contributed by atoms with van der Waals surface area (Å²) < 4.78 is 0. The first-order valence-electron chi connectivity index (χ1n) is 7.83. The molecule has 2 aliphatic heterocycles. The van der Waals surface area contributed by atoms with Crippen LogP contribution in [0.5, 0.6) is 0 Å². The van der Waals surface area contributed by atoms with Gasteiger partial charge in [-0.05, 0) is 29.5 Å². The Hall–Kier alpha value is -1.43. The lowest BCUT2D eigenvalue weighted by Crippen LogP contribution is -2.33. The molecule has 2 unspecified atom stereocenters. The molecule has 120 valence electrons. The first-order chi connectivity index (χ1) is 11.2. The third-order valence-corrected chi connectivity index (χ3v) is 5.66. The Kier molecular flexibility index (Phi) is 4.09. The van der Waals surface area contributed by atoms with Crippen molar-refractivity contribution in [1.82, 2.24) is 14.8 Å². The van der Waals surface area contributed by atoms with Crippen molar-refractivity contribution in [1.29, 1.82) is 0 Å². The second-order valence-electron chi connectivity index (χ2n) is 6.42. The predicted molar refractivity (Wildman–Crippen MR) is 91.7 cm³/mol. The zero-order valence-corrected chi connectivity index (χ0v) is 14.3. The van der Waals surface area contributed by atoms with Crippen molar-refractivity contribution in [2.45, 2.75) is 6.54 Å². The van der Waals surface area contributed by atoms with E-state index in [0.717, 1.165) is 37.7 Å². The first kappa shape index (κ1) is 15.1. The highest BCUT2D eigenvalue weighted by molar-refractivity contribution is 7.07. The molecule has 2 saturated heterocycles. The van der Waals surface area contributed by atoms with E-state index in [9.17, 15) is 4.79 Å². The van der Waals surface area contributed by atoms with Gasteiger partial charge in [-0.15, -0.1) is 11.3 Å². The molecule has 0 bridgehead atoms. The Morgan fingerprint density at radius 2 is 1.87 bits per heavy atom. The molecule has 2 atom stereocenters. The highest BCUT2D eigenvalue weighted by Gasteiger charge is 2.41. The highest BCUT2D eigenvalue weighted by atomic mass is 35.5. The molecule has 0 spiro atoms. The fourth-order valence-electron chi connectivity index (χ4n) is 3.71. The second-order valence-corrected chi connectivity index (χ2v) is 7.58. The Morgan fingerprint density at radius 3 is 2.48 bits per heavy atom. The molecule has 0 N–H and O–H groups in total. The van der Waals surface area contributed by atoms with Gasteiger partial charge in [0.1, 0.15) is 5.69 Å². The molecule has 3 heterocycles. The van der Waals surface area contributed by atoms with Crippen LogP contribution in [0, 0.1) is 11.8 Å². The lowest BCUT2D eigenvalue weighted by atomic mass is 10.0. The molecule has 0 aliphatic carbocycles. The van der Waals surface area contributed by atoms with Crippen molar-refractivity contribution in [3.8, 4) is 0 Å². The van der Waals surface area contributed by atoms with Gasteiger partial charge >= 0.3 is 0 Å². The van der Waals surface area contributed by atoms with E-state index in [4.69, 9.17) is 11.6 Å². The molecule has 4 nitrogen and oxygen atoms in total. The molecule has 1 amide bonds. The Bertz CT molecular complexity index is 674. The molecule has 2 fully saturated rings. The molecule has 2 aliphatic rings. The fourth-order valence-corrected chi connectivity index (χ4v) is 4.37. The molecule has 1 aromatic carbocycles. The standard InChI is InChI=1S/C17H18ClN3OS/c18-15-3-1-12(2-4-15)5-20-6-13-8-21(9-14(13)7-20)17(22)16-10-23-11-19-16/h1-4,10-11,13-14H,5-9H2. The SMILES string of the molecule is O=C(c1cscn1)N1CC2CN(Cc3ccc(Cl)cc3)CC2C1. The summed E-state index contributed by atoms with van der Waals surface area (Å²) in [5.41, 5.74) is 3.61. The van der Waals surface area contributed by atoms with Crippen molar-refractivity contribution in [3.05, 3.63) is 51.4 Å². The summed E-state index contributed by atoms with van der Waals surface area (Å²) in [6.07, 6.45) is 0. The summed E-state index contributed by atoms with van der Waals surface area (Å²) in [6, 6.07) is 8.08. The van der Waals surface area contributed by atoms with Gasteiger partial charge < -0.3 is 4.90 Å². The number of thiazole rings is 1. The van der Waals surface area contributed by atoms with Crippen molar-refractivity contribution < 1.29 is 4.79 Å². The van der Waals surface area contributed by atoms with Gasteiger partial charge in [-0.1, -0.05) is 23.7 Å². The summed E-state index contributed by atoms with van der Waals surface area (Å²) in [6.45, 7) is 4.81.